The highest BCUT2D eigenvalue weighted by molar-refractivity contribution is 6.08. The number of ether oxygens (including phenoxy) is 1. The van der Waals surface area contributed by atoms with Gasteiger partial charge in [-0.05, 0) is 25.3 Å². The summed E-state index contributed by atoms with van der Waals surface area (Å²) < 4.78 is 5.74. The third-order valence-corrected chi connectivity index (χ3v) is 6.04. The Kier molecular flexibility index (Phi) is 4.40. The molecule has 136 valence electrons. The third-order valence-electron chi connectivity index (χ3n) is 6.04. The second-order valence-electron chi connectivity index (χ2n) is 7.93. The predicted octanol–water partition coefficient (Wildman–Crippen LogP) is 3.22. The molecule has 1 aromatic carbocycles. The number of nitrogens with one attached hydrogen (secondary N) is 1. The number of aryl methyl sites for hydroxylation is 1. The molecule has 1 spiro atoms. The lowest BCUT2D eigenvalue weighted by Crippen LogP contribution is -2.73. The molecule has 1 aromatic rings. The minimum absolute atomic E-state index is 0.00350. The molecule has 1 saturated carbocycles. The standard InChI is InChI=1S/C20H28N2O3/c1-6-25-16-11-20(19(16,4)5)17(23)22(18(24)21-20)12-14(3)15-9-7-13(2)8-10-15/h7-10,14,16H,6,11-12H2,1-5H3,(H,21,24). The zero-order valence-corrected chi connectivity index (χ0v) is 15.8. The SMILES string of the molecule is CCOC1CC2(NC(=O)N(CC(C)c3ccc(C)cc3)C2=O)C1(C)C. The van der Waals surface area contributed by atoms with Gasteiger partial charge < -0.3 is 10.1 Å². The topological polar surface area (TPSA) is 58.6 Å². The van der Waals surface area contributed by atoms with Crippen molar-refractivity contribution in [3.63, 3.8) is 0 Å². The van der Waals surface area contributed by atoms with Crippen molar-refractivity contribution in [3.05, 3.63) is 35.4 Å². The van der Waals surface area contributed by atoms with Crippen LogP contribution in [0.1, 0.15) is 51.2 Å². The molecule has 1 N–H and O–H groups in total. The molecule has 1 aliphatic carbocycles. The van der Waals surface area contributed by atoms with Gasteiger partial charge in [-0.1, -0.05) is 50.6 Å². The zero-order valence-electron chi connectivity index (χ0n) is 15.8. The zero-order chi connectivity index (χ0) is 18.4. The van der Waals surface area contributed by atoms with Crippen LogP contribution >= 0.6 is 0 Å². The minimum Gasteiger partial charge on any atom is -0.378 e. The molecule has 0 bridgehead atoms. The van der Waals surface area contributed by atoms with Crippen LogP contribution in [0.5, 0.6) is 0 Å². The van der Waals surface area contributed by atoms with Gasteiger partial charge >= 0.3 is 6.03 Å². The second-order valence-corrected chi connectivity index (χ2v) is 7.93. The van der Waals surface area contributed by atoms with Gasteiger partial charge in [-0.25, -0.2) is 4.79 Å². The van der Waals surface area contributed by atoms with Crippen LogP contribution in [0.15, 0.2) is 24.3 Å². The number of rotatable bonds is 5. The van der Waals surface area contributed by atoms with E-state index in [0.717, 1.165) is 5.56 Å². The molecular weight excluding hydrogens is 316 g/mol. The van der Waals surface area contributed by atoms with E-state index >= 15 is 0 Å². The number of imide groups is 1. The molecule has 3 unspecified atom stereocenters. The van der Waals surface area contributed by atoms with Crippen molar-refractivity contribution in [3.8, 4) is 0 Å². The van der Waals surface area contributed by atoms with E-state index in [1.165, 1.54) is 10.5 Å². The van der Waals surface area contributed by atoms with Crippen LogP contribution in [0, 0.1) is 12.3 Å². The molecule has 1 saturated heterocycles. The molecule has 25 heavy (non-hydrogen) atoms. The van der Waals surface area contributed by atoms with Crippen LogP contribution in [-0.4, -0.2) is 41.6 Å². The van der Waals surface area contributed by atoms with Gasteiger partial charge in [0.1, 0.15) is 5.54 Å². The fourth-order valence-corrected chi connectivity index (χ4v) is 4.05. The Bertz CT molecular complexity index is 683. The molecule has 3 rings (SSSR count). The summed E-state index contributed by atoms with van der Waals surface area (Å²) in [5.41, 5.74) is 1.10. The van der Waals surface area contributed by atoms with Crippen LogP contribution in [0.3, 0.4) is 0 Å². The number of hydrogen-bond donors (Lipinski definition) is 1. The molecule has 0 radical (unpaired) electrons. The Balaban J connectivity index is 1.75. The van der Waals surface area contributed by atoms with Gasteiger partial charge in [0.05, 0.1) is 6.10 Å². The van der Waals surface area contributed by atoms with Crippen molar-refractivity contribution >= 4 is 11.9 Å². The Morgan fingerprint density at radius 2 is 1.92 bits per heavy atom. The Morgan fingerprint density at radius 1 is 1.28 bits per heavy atom. The number of amides is 3. The highest BCUT2D eigenvalue weighted by Gasteiger charge is 2.70. The van der Waals surface area contributed by atoms with Crippen LogP contribution in [0.2, 0.25) is 0 Å². The van der Waals surface area contributed by atoms with Gasteiger partial charge in [0.25, 0.3) is 5.91 Å². The second kappa shape index (κ2) is 6.13. The first kappa shape index (κ1) is 17.9. The maximum atomic E-state index is 13.1. The normalized spacial score (nSPS) is 28.8. The molecule has 2 aliphatic rings. The molecule has 0 aromatic heterocycles. The molecule has 5 nitrogen and oxygen atoms in total. The van der Waals surface area contributed by atoms with Crippen LogP contribution < -0.4 is 5.32 Å². The summed E-state index contributed by atoms with van der Waals surface area (Å²) >= 11 is 0. The minimum atomic E-state index is -0.823. The van der Waals surface area contributed by atoms with Gasteiger partial charge in [0.15, 0.2) is 0 Å². The Hall–Kier alpha value is -1.88. The monoisotopic (exact) mass is 344 g/mol. The summed E-state index contributed by atoms with van der Waals surface area (Å²) in [4.78, 5) is 27.0. The van der Waals surface area contributed by atoms with E-state index < -0.39 is 11.0 Å². The fraction of sp³-hybridized carbons (Fsp3) is 0.600. The average Bonchev–Trinajstić information content (AvgIpc) is 2.82. The van der Waals surface area contributed by atoms with Gasteiger partial charge in [0, 0.05) is 25.0 Å². The highest BCUT2D eigenvalue weighted by Crippen LogP contribution is 2.54. The summed E-state index contributed by atoms with van der Waals surface area (Å²) in [5, 5.41) is 2.97. The number of benzene rings is 1. The van der Waals surface area contributed by atoms with Crippen molar-refractivity contribution in [1.29, 1.82) is 0 Å². The van der Waals surface area contributed by atoms with Crippen LogP contribution in [-0.2, 0) is 9.53 Å². The van der Waals surface area contributed by atoms with Crippen molar-refractivity contribution in [1.82, 2.24) is 10.2 Å². The van der Waals surface area contributed by atoms with E-state index in [1.54, 1.807) is 0 Å². The fourth-order valence-electron chi connectivity index (χ4n) is 4.05. The first-order chi connectivity index (χ1) is 11.7. The largest absolute Gasteiger partial charge is 0.378 e. The Morgan fingerprint density at radius 3 is 2.48 bits per heavy atom. The lowest BCUT2D eigenvalue weighted by atomic mass is 9.54. The van der Waals surface area contributed by atoms with Gasteiger partial charge in [-0.15, -0.1) is 0 Å². The number of urea groups is 1. The molecule has 3 amide bonds. The summed E-state index contributed by atoms with van der Waals surface area (Å²) in [6, 6.07) is 7.95. The summed E-state index contributed by atoms with van der Waals surface area (Å²) in [6.07, 6.45) is 0.546. The van der Waals surface area contributed by atoms with Gasteiger partial charge in [-0.2, -0.15) is 0 Å². The maximum absolute atomic E-state index is 13.1. The van der Waals surface area contributed by atoms with Gasteiger partial charge in [-0.3, -0.25) is 9.69 Å². The highest BCUT2D eigenvalue weighted by atomic mass is 16.5. The van der Waals surface area contributed by atoms with Crippen molar-refractivity contribution in [2.24, 2.45) is 5.41 Å². The number of nitrogens with zero attached hydrogens (tertiary/aromatic N) is 1. The van der Waals surface area contributed by atoms with Crippen molar-refractivity contribution in [2.75, 3.05) is 13.2 Å². The van der Waals surface area contributed by atoms with E-state index in [0.29, 0.717) is 19.6 Å². The smallest absolute Gasteiger partial charge is 0.325 e. The van der Waals surface area contributed by atoms with Crippen molar-refractivity contribution < 1.29 is 14.3 Å². The lowest BCUT2D eigenvalue weighted by molar-refractivity contribution is -0.174. The van der Waals surface area contributed by atoms with E-state index in [9.17, 15) is 9.59 Å². The van der Waals surface area contributed by atoms with E-state index in [2.05, 4.69) is 29.6 Å². The first-order valence-corrected chi connectivity index (χ1v) is 9.05. The van der Waals surface area contributed by atoms with Gasteiger partial charge in [0.2, 0.25) is 0 Å². The Labute approximate surface area is 149 Å². The molecule has 1 aliphatic heterocycles. The molecule has 2 fully saturated rings. The quantitative estimate of drug-likeness (QED) is 0.834. The first-order valence-electron chi connectivity index (χ1n) is 9.05. The summed E-state index contributed by atoms with van der Waals surface area (Å²) in [6.45, 7) is 11.1. The number of carbonyl (C=O) groups is 2. The molecule has 1 heterocycles. The van der Waals surface area contributed by atoms with Crippen LogP contribution in [0.25, 0.3) is 0 Å². The number of carbonyl (C=O) groups excluding carboxylic acids is 2. The maximum Gasteiger partial charge on any atom is 0.325 e. The van der Waals surface area contributed by atoms with E-state index in [1.807, 2.05) is 34.6 Å². The average molecular weight is 344 g/mol. The summed E-state index contributed by atoms with van der Waals surface area (Å²) in [5.74, 6) is -0.0197. The predicted molar refractivity (Wildman–Crippen MR) is 96.4 cm³/mol. The van der Waals surface area contributed by atoms with E-state index in [-0.39, 0.29) is 24.0 Å². The molecule has 3 atom stereocenters. The van der Waals surface area contributed by atoms with E-state index in [4.69, 9.17) is 4.74 Å². The molecule has 5 heteroatoms. The van der Waals surface area contributed by atoms with Crippen molar-refractivity contribution in [2.45, 2.75) is 58.6 Å². The lowest BCUT2D eigenvalue weighted by Gasteiger charge is -2.57. The number of hydrogen-bond acceptors (Lipinski definition) is 3. The van der Waals surface area contributed by atoms with Crippen LogP contribution in [0.4, 0.5) is 4.79 Å². The third kappa shape index (κ3) is 2.65. The molecular formula is C20H28N2O3. The summed E-state index contributed by atoms with van der Waals surface area (Å²) in [7, 11) is 0.